The molecule has 0 fully saturated rings. The molecule has 0 atom stereocenters. The largest absolute Gasteiger partial charge is 0.508 e. The van der Waals surface area contributed by atoms with Gasteiger partial charge >= 0.3 is 0 Å². The molecule has 23 heavy (non-hydrogen) atoms. The van der Waals surface area contributed by atoms with E-state index in [0.717, 1.165) is 22.5 Å². The predicted molar refractivity (Wildman–Crippen MR) is 89.3 cm³/mol. The summed E-state index contributed by atoms with van der Waals surface area (Å²) >= 11 is 0. The van der Waals surface area contributed by atoms with Gasteiger partial charge in [-0.3, -0.25) is 4.79 Å². The molecule has 0 aliphatic heterocycles. The lowest BCUT2D eigenvalue weighted by atomic mass is 10.1. The second kappa shape index (κ2) is 6.48. The summed E-state index contributed by atoms with van der Waals surface area (Å²) in [6.45, 7) is 2.15. The van der Waals surface area contributed by atoms with Crippen molar-refractivity contribution < 1.29 is 9.90 Å². The van der Waals surface area contributed by atoms with Gasteiger partial charge in [0.05, 0.1) is 17.7 Å². The lowest BCUT2D eigenvalue weighted by Gasteiger charge is -2.10. The minimum absolute atomic E-state index is 0.0971. The molecule has 3 aromatic rings. The van der Waals surface area contributed by atoms with E-state index in [-0.39, 0.29) is 11.5 Å². The number of Topliss-reactive ketones (excluding diaryl/α,β-unsaturated/α-hetero) is 1. The number of aromatic hydroxyl groups is 1. The molecule has 0 saturated carbocycles. The van der Waals surface area contributed by atoms with Crippen molar-refractivity contribution in [2.45, 2.75) is 19.9 Å². The van der Waals surface area contributed by atoms with Gasteiger partial charge in [-0.05, 0) is 24.6 Å². The third kappa shape index (κ3) is 3.48. The molecule has 116 valence electrons. The number of imidazole rings is 1. The molecule has 1 aromatic heterocycles. The zero-order valence-corrected chi connectivity index (χ0v) is 12.9. The van der Waals surface area contributed by atoms with Crippen molar-refractivity contribution in [3.8, 4) is 17.0 Å². The number of rotatable bonds is 5. The van der Waals surface area contributed by atoms with Crippen molar-refractivity contribution >= 4 is 5.78 Å². The van der Waals surface area contributed by atoms with Crippen LogP contribution in [0.3, 0.4) is 0 Å². The molecule has 2 aromatic carbocycles. The number of benzene rings is 2. The van der Waals surface area contributed by atoms with Gasteiger partial charge < -0.3 is 9.67 Å². The molecule has 0 spiro atoms. The molecular weight excluding hydrogens is 288 g/mol. The summed E-state index contributed by atoms with van der Waals surface area (Å²) in [6.07, 6.45) is 2.09. The Morgan fingerprint density at radius 1 is 1.13 bits per heavy atom. The van der Waals surface area contributed by atoms with Crippen LogP contribution in [0, 0.1) is 0 Å². The molecule has 0 amide bonds. The second-order valence-electron chi connectivity index (χ2n) is 5.58. The summed E-state index contributed by atoms with van der Waals surface area (Å²) in [5, 5.41) is 9.61. The van der Waals surface area contributed by atoms with E-state index < -0.39 is 0 Å². The number of hydrogen-bond acceptors (Lipinski definition) is 3. The van der Waals surface area contributed by atoms with E-state index in [1.54, 1.807) is 25.4 Å². The third-order valence-electron chi connectivity index (χ3n) is 3.67. The normalized spacial score (nSPS) is 10.7. The Morgan fingerprint density at radius 2 is 1.91 bits per heavy atom. The Labute approximate surface area is 135 Å². The summed E-state index contributed by atoms with van der Waals surface area (Å²) in [4.78, 5) is 16.2. The monoisotopic (exact) mass is 306 g/mol. The molecule has 1 heterocycles. The van der Waals surface area contributed by atoms with Crippen LogP contribution in [0.1, 0.15) is 18.2 Å². The van der Waals surface area contributed by atoms with Crippen molar-refractivity contribution in [1.82, 2.24) is 9.55 Å². The summed E-state index contributed by atoms with van der Waals surface area (Å²) in [5.41, 5.74) is 3.69. The van der Waals surface area contributed by atoms with Gasteiger partial charge in [-0.25, -0.2) is 4.98 Å². The first-order valence-electron chi connectivity index (χ1n) is 7.50. The maximum absolute atomic E-state index is 11.7. The average Bonchev–Trinajstić information content (AvgIpc) is 2.90. The number of ketones is 1. The van der Waals surface area contributed by atoms with Crippen LogP contribution in [-0.2, 0) is 17.8 Å². The van der Waals surface area contributed by atoms with Gasteiger partial charge in [0.25, 0.3) is 0 Å². The van der Waals surface area contributed by atoms with Gasteiger partial charge in [-0.2, -0.15) is 0 Å². The molecule has 4 nitrogen and oxygen atoms in total. The molecule has 0 unspecified atom stereocenters. The van der Waals surface area contributed by atoms with Crippen molar-refractivity contribution in [3.05, 3.63) is 72.2 Å². The van der Waals surface area contributed by atoms with Crippen LogP contribution in [-0.4, -0.2) is 20.4 Å². The molecule has 0 aliphatic carbocycles. The minimum Gasteiger partial charge on any atom is -0.508 e. The Balaban J connectivity index is 2.00. The predicted octanol–water partition coefficient (Wildman–Crippen LogP) is 3.44. The lowest BCUT2D eigenvalue weighted by Crippen LogP contribution is -2.08. The van der Waals surface area contributed by atoms with Gasteiger partial charge in [0.2, 0.25) is 0 Å². The first-order valence-corrected chi connectivity index (χ1v) is 7.50. The Kier molecular flexibility index (Phi) is 4.24. The van der Waals surface area contributed by atoms with Crippen LogP contribution in [0.25, 0.3) is 11.3 Å². The fraction of sp³-hybridized carbons (Fsp3) is 0.158. The highest BCUT2D eigenvalue weighted by Crippen LogP contribution is 2.24. The summed E-state index contributed by atoms with van der Waals surface area (Å²) in [5.74, 6) is 0.332. The second-order valence-corrected chi connectivity index (χ2v) is 5.58. The van der Waals surface area contributed by atoms with E-state index in [9.17, 15) is 9.90 Å². The molecule has 4 heteroatoms. The van der Waals surface area contributed by atoms with Gasteiger partial charge in [-0.15, -0.1) is 0 Å². The molecule has 3 rings (SSSR count). The third-order valence-corrected chi connectivity index (χ3v) is 3.67. The highest BCUT2D eigenvalue weighted by molar-refractivity contribution is 5.80. The van der Waals surface area contributed by atoms with Crippen LogP contribution in [0.2, 0.25) is 0 Å². The smallest absolute Gasteiger partial charge is 0.135 e. The molecule has 0 saturated heterocycles. The number of carbonyl (C=O) groups excluding carboxylic acids is 1. The van der Waals surface area contributed by atoms with Crippen LogP contribution < -0.4 is 0 Å². The number of hydrogen-bond donors (Lipinski definition) is 1. The van der Waals surface area contributed by atoms with Gasteiger partial charge in [-0.1, -0.05) is 42.5 Å². The van der Waals surface area contributed by atoms with E-state index in [2.05, 4.69) is 4.98 Å². The number of phenolic OH excluding ortho intramolecular Hbond substituents is 1. The topological polar surface area (TPSA) is 55.1 Å². The fourth-order valence-corrected chi connectivity index (χ4v) is 2.65. The maximum atomic E-state index is 11.7. The minimum atomic E-state index is 0.0971. The summed E-state index contributed by atoms with van der Waals surface area (Å²) in [6, 6.07) is 17.0. The van der Waals surface area contributed by atoms with E-state index in [4.69, 9.17) is 0 Å². The van der Waals surface area contributed by atoms with Crippen LogP contribution in [0.4, 0.5) is 0 Å². The van der Waals surface area contributed by atoms with Gasteiger partial charge in [0.15, 0.2) is 0 Å². The van der Waals surface area contributed by atoms with E-state index in [1.807, 2.05) is 47.0 Å². The maximum Gasteiger partial charge on any atom is 0.135 e. The lowest BCUT2D eigenvalue weighted by molar-refractivity contribution is -0.116. The molecule has 0 aliphatic rings. The number of carbonyl (C=O) groups is 1. The molecule has 0 bridgehead atoms. The zero-order chi connectivity index (χ0) is 16.2. The number of nitrogens with zero attached hydrogens (tertiary/aromatic N) is 2. The molecular formula is C19H18N2O2. The zero-order valence-electron chi connectivity index (χ0n) is 12.9. The van der Waals surface area contributed by atoms with E-state index in [1.165, 1.54) is 0 Å². The Morgan fingerprint density at radius 3 is 2.61 bits per heavy atom. The average molecular weight is 306 g/mol. The Hall–Kier alpha value is -2.88. The van der Waals surface area contributed by atoms with Crippen LogP contribution in [0.5, 0.6) is 5.75 Å². The van der Waals surface area contributed by atoms with Gasteiger partial charge in [0.1, 0.15) is 11.5 Å². The quantitative estimate of drug-likeness (QED) is 0.785. The van der Waals surface area contributed by atoms with Crippen LogP contribution >= 0.6 is 0 Å². The first-order chi connectivity index (χ1) is 11.1. The van der Waals surface area contributed by atoms with Crippen molar-refractivity contribution in [1.29, 1.82) is 0 Å². The highest BCUT2D eigenvalue weighted by Gasteiger charge is 2.14. The standard InChI is InChI=1S/C19H18N2O2/c1-14(22)10-18-19(16-7-3-2-4-8-16)20-13-21(18)12-15-6-5-9-17(23)11-15/h2-9,11,13,23H,10,12H2,1H3. The molecule has 1 N–H and O–H groups in total. The van der Waals surface area contributed by atoms with Crippen molar-refractivity contribution in [3.63, 3.8) is 0 Å². The Bertz CT molecular complexity index is 822. The number of aromatic nitrogens is 2. The van der Waals surface area contributed by atoms with Crippen molar-refractivity contribution in [2.24, 2.45) is 0 Å². The summed E-state index contributed by atoms with van der Waals surface area (Å²) < 4.78 is 1.97. The van der Waals surface area contributed by atoms with E-state index in [0.29, 0.717) is 13.0 Å². The van der Waals surface area contributed by atoms with Crippen LogP contribution in [0.15, 0.2) is 60.9 Å². The fourth-order valence-electron chi connectivity index (χ4n) is 2.65. The SMILES string of the molecule is CC(=O)Cc1c(-c2ccccc2)ncn1Cc1cccc(O)c1. The summed E-state index contributed by atoms with van der Waals surface area (Å²) in [7, 11) is 0. The molecule has 0 radical (unpaired) electrons. The highest BCUT2D eigenvalue weighted by atomic mass is 16.3. The van der Waals surface area contributed by atoms with Crippen molar-refractivity contribution in [2.75, 3.05) is 0 Å². The first kappa shape index (κ1) is 15.0. The van der Waals surface area contributed by atoms with Gasteiger partial charge in [0, 0.05) is 18.5 Å². The van der Waals surface area contributed by atoms with E-state index >= 15 is 0 Å². The number of phenols is 1.